The maximum absolute atomic E-state index is 11.5. The van der Waals surface area contributed by atoms with E-state index in [1.165, 1.54) is 11.6 Å². The molecule has 0 amide bonds. The van der Waals surface area contributed by atoms with Crippen molar-refractivity contribution in [2.24, 2.45) is 5.14 Å². The van der Waals surface area contributed by atoms with Gasteiger partial charge in [-0.25, -0.2) is 9.11 Å². The fourth-order valence-corrected chi connectivity index (χ4v) is 3.81. The Hall–Kier alpha value is -2.16. The molecule has 0 aliphatic carbocycles. The number of aromatic nitrogens is 1. The minimum atomic E-state index is -4.20. The number of carboxylic acids is 1. The summed E-state index contributed by atoms with van der Waals surface area (Å²) in [5.74, 6) is -1.11. The molecule has 0 radical (unpaired) electrons. The molecule has 0 atom stereocenters. The summed E-state index contributed by atoms with van der Waals surface area (Å²) < 4.78 is 23.5. The Balaban J connectivity index is 1.97. The molecular weight excluding hydrogens is 330 g/mol. The van der Waals surface area contributed by atoms with Crippen molar-refractivity contribution in [3.63, 3.8) is 0 Å². The van der Waals surface area contributed by atoms with Crippen LogP contribution in [0.3, 0.4) is 0 Å². The van der Waals surface area contributed by atoms with E-state index in [4.69, 9.17) is 5.14 Å². The summed E-state index contributed by atoms with van der Waals surface area (Å²) in [6.07, 6.45) is 3.24. The molecule has 0 saturated carbocycles. The van der Waals surface area contributed by atoms with Crippen LogP contribution in [0.4, 0.5) is 0 Å². The number of benzene rings is 1. The zero-order valence-electron chi connectivity index (χ0n) is 12.9. The van der Waals surface area contributed by atoms with Crippen LogP contribution in [-0.2, 0) is 10.2 Å². The average molecular weight is 348 g/mol. The Morgan fingerprint density at radius 1 is 1.17 bits per heavy atom. The molecule has 1 fully saturated rings. The molecule has 1 aliphatic heterocycles. The average Bonchev–Trinajstić information content (AvgIpc) is 3.01. The number of carbonyl (C=O) groups is 1. The molecule has 1 aliphatic rings. The number of rotatable bonds is 4. The van der Waals surface area contributed by atoms with E-state index < -0.39 is 21.9 Å². The molecule has 7 nitrogen and oxygen atoms in total. The van der Waals surface area contributed by atoms with E-state index >= 15 is 0 Å². The lowest BCUT2D eigenvalue weighted by Gasteiger charge is -2.23. The monoisotopic (exact) mass is 348 g/mol. The van der Waals surface area contributed by atoms with E-state index in [9.17, 15) is 18.3 Å². The molecule has 128 valence electrons. The number of hydrogen-bond acceptors (Lipinski definition) is 5. The van der Waals surface area contributed by atoms with E-state index in [0.29, 0.717) is 15.5 Å². The lowest BCUT2D eigenvalue weighted by atomic mass is 9.89. The van der Waals surface area contributed by atoms with E-state index in [0.717, 1.165) is 32.1 Å². The molecule has 1 aromatic heterocycles. The van der Waals surface area contributed by atoms with Crippen LogP contribution in [0.1, 0.15) is 34.8 Å². The van der Waals surface area contributed by atoms with Gasteiger partial charge in [-0.05, 0) is 49.0 Å². The summed E-state index contributed by atoms with van der Waals surface area (Å²) >= 11 is 0. The highest BCUT2D eigenvalue weighted by atomic mass is 32.2. The predicted octanol–water partition coefficient (Wildman–Crippen LogP) is 0.0372. The highest BCUT2D eigenvalue weighted by molar-refractivity contribution is 7.87. The van der Waals surface area contributed by atoms with Gasteiger partial charge < -0.3 is 15.2 Å². The second-order valence-corrected chi connectivity index (χ2v) is 7.28. The maximum atomic E-state index is 11.5. The van der Waals surface area contributed by atoms with Gasteiger partial charge >= 0.3 is 10.2 Å². The van der Waals surface area contributed by atoms with Crippen molar-refractivity contribution in [3.05, 3.63) is 47.8 Å². The summed E-state index contributed by atoms with van der Waals surface area (Å²) in [5.41, 5.74) is 1.60. The van der Waals surface area contributed by atoms with Gasteiger partial charge in [0.25, 0.3) is 0 Å². The van der Waals surface area contributed by atoms with Crippen LogP contribution in [-0.4, -0.2) is 31.4 Å². The van der Waals surface area contributed by atoms with Crippen molar-refractivity contribution in [2.45, 2.75) is 18.8 Å². The highest BCUT2D eigenvalue weighted by Gasteiger charge is 2.19. The molecule has 3 rings (SSSR count). The van der Waals surface area contributed by atoms with Crippen LogP contribution in [0.15, 0.2) is 36.5 Å². The topological polar surface area (TPSA) is 117 Å². The van der Waals surface area contributed by atoms with Crippen LogP contribution in [0.5, 0.6) is 0 Å². The second kappa shape index (κ2) is 6.39. The van der Waals surface area contributed by atoms with Gasteiger partial charge in [-0.1, -0.05) is 24.3 Å². The first-order valence-corrected chi connectivity index (χ1v) is 9.15. The second-order valence-electron chi connectivity index (χ2n) is 5.85. The Kier molecular flexibility index (Phi) is 4.44. The minimum absolute atomic E-state index is 0.265. The van der Waals surface area contributed by atoms with E-state index in [2.05, 4.69) is 5.32 Å². The van der Waals surface area contributed by atoms with Crippen LogP contribution < -0.4 is 15.6 Å². The highest BCUT2D eigenvalue weighted by Crippen LogP contribution is 2.30. The maximum Gasteiger partial charge on any atom is 0.302 e. The lowest BCUT2D eigenvalue weighted by molar-refractivity contribution is -0.255. The first-order chi connectivity index (χ1) is 11.4. The summed E-state index contributed by atoms with van der Waals surface area (Å²) in [4.78, 5) is 11.4. The fourth-order valence-electron chi connectivity index (χ4n) is 3.15. The van der Waals surface area contributed by atoms with Gasteiger partial charge in [-0.3, -0.25) is 0 Å². The van der Waals surface area contributed by atoms with Gasteiger partial charge in [0.05, 0.1) is 11.7 Å². The van der Waals surface area contributed by atoms with Gasteiger partial charge in [0.2, 0.25) is 0 Å². The van der Waals surface area contributed by atoms with E-state index in [1.54, 1.807) is 12.1 Å². The van der Waals surface area contributed by atoms with E-state index in [1.807, 2.05) is 12.1 Å². The standard InChI is InChI=1S/C16H19N3O4S/c17-24(22,23)19-10-7-14(15(19)16(20)21)13-3-1-11(2-4-13)12-5-8-18-9-6-12/h1-4,7,10,12,18H,5-6,8-9H2,(H,20,21)(H2,17,22,23)/p-1. The first-order valence-electron chi connectivity index (χ1n) is 7.65. The van der Waals surface area contributed by atoms with E-state index in [-0.39, 0.29) is 5.56 Å². The summed E-state index contributed by atoms with van der Waals surface area (Å²) in [6.45, 7) is 1.97. The summed E-state index contributed by atoms with van der Waals surface area (Å²) in [6, 6.07) is 8.92. The largest absolute Gasteiger partial charge is 0.543 e. The number of nitrogens with one attached hydrogen (secondary N) is 1. The quantitative estimate of drug-likeness (QED) is 0.809. The van der Waals surface area contributed by atoms with Crippen molar-refractivity contribution >= 4 is 16.2 Å². The summed E-state index contributed by atoms with van der Waals surface area (Å²) in [7, 11) is -4.20. The summed E-state index contributed by atoms with van der Waals surface area (Å²) in [5, 5.41) is 19.7. The Morgan fingerprint density at radius 3 is 2.33 bits per heavy atom. The molecule has 0 spiro atoms. The van der Waals surface area contributed by atoms with Gasteiger partial charge in [0.15, 0.2) is 0 Å². The van der Waals surface area contributed by atoms with Crippen molar-refractivity contribution in [2.75, 3.05) is 13.1 Å². The molecule has 24 heavy (non-hydrogen) atoms. The van der Waals surface area contributed by atoms with Crippen molar-refractivity contribution < 1.29 is 18.3 Å². The molecule has 0 unspecified atom stereocenters. The molecular formula is C16H18N3O4S-. The normalized spacial score (nSPS) is 16.2. The van der Waals surface area contributed by atoms with Gasteiger partial charge in [-0.2, -0.15) is 8.42 Å². The van der Waals surface area contributed by atoms with Crippen molar-refractivity contribution in [1.82, 2.24) is 9.29 Å². The number of carboxylic acid groups (broad SMARTS) is 1. The fraction of sp³-hybridized carbons (Fsp3) is 0.312. The van der Waals surface area contributed by atoms with Gasteiger partial charge in [0, 0.05) is 11.8 Å². The Morgan fingerprint density at radius 2 is 1.79 bits per heavy atom. The van der Waals surface area contributed by atoms with Crippen molar-refractivity contribution in [1.29, 1.82) is 0 Å². The third kappa shape index (κ3) is 3.21. The number of piperidine rings is 1. The van der Waals surface area contributed by atoms with Crippen LogP contribution in [0, 0.1) is 0 Å². The van der Waals surface area contributed by atoms with Gasteiger partial charge in [0.1, 0.15) is 0 Å². The number of nitrogens with two attached hydrogens (primary N) is 1. The molecule has 3 N–H and O–H groups in total. The molecule has 1 saturated heterocycles. The van der Waals surface area contributed by atoms with Crippen LogP contribution in [0.2, 0.25) is 0 Å². The number of carbonyl (C=O) groups excluding carboxylic acids is 1. The molecule has 0 bridgehead atoms. The molecule has 1 aromatic carbocycles. The zero-order chi connectivity index (χ0) is 17.3. The van der Waals surface area contributed by atoms with Crippen LogP contribution in [0.25, 0.3) is 11.1 Å². The first kappa shape index (κ1) is 16.7. The molecule has 2 aromatic rings. The number of aromatic carboxylic acids is 1. The number of hydrogen-bond donors (Lipinski definition) is 2. The lowest BCUT2D eigenvalue weighted by Crippen LogP contribution is -2.31. The smallest absolute Gasteiger partial charge is 0.302 e. The number of nitrogens with zero attached hydrogens (tertiary/aromatic N) is 1. The third-order valence-electron chi connectivity index (χ3n) is 4.35. The molecule has 8 heteroatoms. The van der Waals surface area contributed by atoms with Crippen LogP contribution >= 0.6 is 0 Å². The third-order valence-corrected chi connectivity index (χ3v) is 5.20. The minimum Gasteiger partial charge on any atom is -0.543 e. The zero-order valence-corrected chi connectivity index (χ0v) is 13.8. The van der Waals surface area contributed by atoms with Crippen molar-refractivity contribution in [3.8, 4) is 11.1 Å². The SMILES string of the molecule is NS(=O)(=O)n1ccc(-c2ccc(C3CCNCC3)cc2)c1C(=O)[O-]. The Labute approximate surface area is 140 Å². The predicted molar refractivity (Wildman–Crippen MR) is 87.5 cm³/mol. The van der Waals surface area contributed by atoms with Gasteiger partial charge in [-0.15, -0.1) is 0 Å². The Bertz CT molecular complexity index is 850. The molecule has 2 heterocycles.